The number of nitro benzene ring substituents is 1. The van der Waals surface area contributed by atoms with Gasteiger partial charge >= 0.3 is 0 Å². The molecule has 10 nitrogen and oxygen atoms in total. The molecular weight excluding hydrogens is 446 g/mol. The molecule has 1 saturated heterocycles. The van der Waals surface area contributed by atoms with Crippen LogP contribution in [0.25, 0.3) is 10.9 Å². The maximum atomic E-state index is 13.1. The number of aromatic nitrogens is 1. The Labute approximate surface area is 191 Å². The van der Waals surface area contributed by atoms with E-state index in [0.717, 1.165) is 18.0 Å². The largest absolute Gasteiger partial charge is 0.316 e. The Bertz CT molecular complexity index is 1330. The lowest BCUT2D eigenvalue weighted by molar-refractivity contribution is -0.384. The normalized spacial score (nSPS) is 15.8. The van der Waals surface area contributed by atoms with Crippen LogP contribution in [0, 0.1) is 10.1 Å². The summed E-state index contributed by atoms with van der Waals surface area (Å²) < 4.78 is 27.5. The van der Waals surface area contributed by atoms with Gasteiger partial charge < -0.3 is 10.2 Å². The van der Waals surface area contributed by atoms with E-state index in [4.69, 9.17) is 0 Å². The van der Waals surface area contributed by atoms with Crippen molar-refractivity contribution >= 4 is 38.2 Å². The van der Waals surface area contributed by atoms with E-state index in [1.165, 1.54) is 16.4 Å². The molecule has 11 heteroatoms. The number of fused-ring (bicyclic) bond motifs is 1. The van der Waals surface area contributed by atoms with Gasteiger partial charge in [-0.05, 0) is 50.3 Å². The van der Waals surface area contributed by atoms with E-state index in [-0.39, 0.29) is 16.1 Å². The van der Waals surface area contributed by atoms with E-state index >= 15 is 0 Å². The molecule has 1 aliphatic heterocycles. The lowest BCUT2D eigenvalue weighted by atomic mass is 10.1. The van der Waals surface area contributed by atoms with Crippen molar-refractivity contribution in [2.24, 2.45) is 0 Å². The van der Waals surface area contributed by atoms with Gasteiger partial charge in [-0.25, -0.2) is 8.42 Å². The number of amides is 1. The zero-order chi connectivity index (χ0) is 23.6. The Morgan fingerprint density at radius 3 is 2.70 bits per heavy atom. The van der Waals surface area contributed by atoms with Gasteiger partial charge in [-0.3, -0.25) is 19.9 Å². The molecule has 33 heavy (non-hydrogen) atoms. The van der Waals surface area contributed by atoms with Crippen molar-refractivity contribution in [2.45, 2.75) is 11.3 Å². The topological polar surface area (TPSA) is 126 Å². The van der Waals surface area contributed by atoms with Gasteiger partial charge in [0.1, 0.15) is 5.69 Å². The Morgan fingerprint density at radius 1 is 1.09 bits per heavy atom. The highest BCUT2D eigenvalue weighted by atomic mass is 32.2. The van der Waals surface area contributed by atoms with E-state index in [2.05, 4.69) is 10.3 Å². The van der Waals surface area contributed by atoms with Crippen molar-refractivity contribution in [3.05, 3.63) is 70.4 Å². The van der Waals surface area contributed by atoms with Crippen molar-refractivity contribution in [2.75, 3.05) is 38.5 Å². The summed E-state index contributed by atoms with van der Waals surface area (Å²) in [6.45, 7) is 2.01. The monoisotopic (exact) mass is 469 g/mol. The number of anilines is 1. The molecule has 0 aliphatic carbocycles. The number of benzene rings is 2. The number of carbonyl (C=O) groups excluding carboxylic acids is 1. The van der Waals surface area contributed by atoms with Crippen molar-refractivity contribution in [3.8, 4) is 0 Å². The Hall–Kier alpha value is -3.41. The third-order valence-electron chi connectivity index (χ3n) is 5.60. The summed E-state index contributed by atoms with van der Waals surface area (Å²) in [7, 11) is -1.98. The predicted molar refractivity (Wildman–Crippen MR) is 124 cm³/mol. The van der Waals surface area contributed by atoms with E-state index in [9.17, 15) is 23.3 Å². The average Bonchev–Trinajstić information content (AvgIpc) is 3.03. The van der Waals surface area contributed by atoms with Gasteiger partial charge in [0.2, 0.25) is 10.0 Å². The molecule has 0 spiro atoms. The fourth-order valence-corrected chi connectivity index (χ4v) is 5.23. The summed E-state index contributed by atoms with van der Waals surface area (Å²) in [5, 5.41) is 15.1. The smallest absolute Gasteiger partial charge is 0.294 e. The van der Waals surface area contributed by atoms with Crippen molar-refractivity contribution in [1.29, 1.82) is 0 Å². The molecule has 1 N–H and O–H groups in total. The second-order valence-electron chi connectivity index (χ2n) is 7.86. The predicted octanol–water partition coefficient (Wildman–Crippen LogP) is 2.72. The standard InChI is InChI=1S/C22H23N5O5S/c1-25-10-3-11-26(13-12-25)33(31,32)18-7-8-19(21(15-18)27(29)30)24-22(28)17-6-5-16-4-2-9-23-20(16)14-17/h2,4-9,14-15H,3,10-13H2,1H3,(H,24,28). The summed E-state index contributed by atoms with van der Waals surface area (Å²) >= 11 is 0. The van der Waals surface area contributed by atoms with Gasteiger partial charge in [-0.1, -0.05) is 12.1 Å². The number of likely N-dealkylation sites (N-methyl/N-ethyl adjacent to an activating group) is 1. The zero-order valence-electron chi connectivity index (χ0n) is 18.0. The first-order valence-corrected chi connectivity index (χ1v) is 11.8. The minimum absolute atomic E-state index is 0.0827. The molecule has 0 bridgehead atoms. The minimum atomic E-state index is -3.91. The molecular formula is C22H23N5O5S. The molecule has 1 amide bonds. The molecule has 2 heterocycles. The van der Waals surface area contributed by atoms with Gasteiger partial charge in [-0.2, -0.15) is 4.31 Å². The summed E-state index contributed by atoms with van der Waals surface area (Å²) in [5.74, 6) is -0.559. The molecule has 1 aromatic heterocycles. The molecule has 1 fully saturated rings. The first-order chi connectivity index (χ1) is 15.8. The van der Waals surface area contributed by atoms with Crippen molar-refractivity contribution < 1.29 is 18.1 Å². The van der Waals surface area contributed by atoms with Crippen LogP contribution in [0.4, 0.5) is 11.4 Å². The average molecular weight is 470 g/mol. The van der Waals surface area contributed by atoms with Crippen molar-refractivity contribution in [3.63, 3.8) is 0 Å². The number of nitro groups is 1. The highest BCUT2D eigenvalue weighted by molar-refractivity contribution is 7.89. The molecule has 0 radical (unpaired) electrons. The number of nitrogens with one attached hydrogen (secondary N) is 1. The maximum Gasteiger partial charge on any atom is 0.294 e. The van der Waals surface area contributed by atoms with E-state index in [1.54, 1.807) is 30.5 Å². The third kappa shape index (κ3) is 4.85. The van der Waals surface area contributed by atoms with Crippen LogP contribution in [-0.2, 0) is 10.0 Å². The quantitative estimate of drug-likeness (QED) is 0.450. The molecule has 0 atom stereocenters. The highest BCUT2D eigenvalue weighted by Crippen LogP contribution is 2.30. The highest BCUT2D eigenvalue weighted by Gasteiger charge is 2.29. The Balaban J connectivity index is 1.61. The molecule has 0 unspecified atom stereocenters. The lowest BCUT2D eigenvalue weighted by Crippen LogP contribution is -2.34. The van der Waals surface area contributed by atoms with Crippen LogP contribution in [-0.4, -0.2) is 66.7 Å². The van der Waals surface area contributed by atoms with Crippen LogP contribution >= 0.6 is 0 Å². The molecule has 0 saturated carbocycles. The van der Waals surface area contributed by atoms with Crippen LogP contribution in [0.15, 0.2) is 59.6 Å². The second kappa shape index (κ2) is 9.22. The number of carbonyl (C=O) groups is 1. The van der Waals surface area contributed by atoms with Gasteiger partial charge in [0, 0.05) is 42.8 Å². The summed E-state index contributed by atoms with van der Waals surface area (Å²) in [6, 6.07) is 12.1. The maximum absolute atomic E-state index is 13.1. The first kappa shape index (κ1) is 22.8. The molecule has 3 aromatic rings. The summed E-state index contributed by atoms with van der Waals surface area (Å²) in [5.41, 5.74) is 0.320. The lowest BCUT2D eigenvalue weighted by Gasteiger charge is -2.20. The van der Waals surface area contributed by atoms with Crippen LogP contribution < -0.4 is 5.32 Å². The second-order valence-corrected chi connectivity index (χ2v) is 9.80. The summed E-state index contributed by atoms with van der Waals surface area (Å²) in [4.78, 5) is 29.8. The van der Waals surface area contributed by atoms with Crippen molar-refractivity contribution in [1.82, 2.24) is 14.2 Å². The number of rotatable bonds is 5. The number of pyridine rings is 1. The molecule has 1 aliphatic rings. The van der Waals surface area contributed by atoms with Gasteiger partial charge in [-0.15, -0.1) is 0 Å². The molecule has 172 valence electrons. The zero-order valence-corrected chi connectivity index (χ0v) is 18.8. The fourth-order valence-electron chi connectivity index (χ4n) is 3.74. The molecule has 4 rings (SSSR count). The number of sulfonamides is 1. The van der Waals surface area contributed by atoms with E-state index < -0.39 is 26.5 Å². The van der Waals surface area contributed by atoms with Gasteiger partial charge in [0.15, 0.2) is 0 Å². The number of nitrogens with zero attached hydrogens (tertiary/aromatic N) is 4. The van der Waals surface area contributed by atoms with E-state index in [1.807, 2.05) is 18.0 Å². The Kier molecular flexibility index (Phi) is 6.36. The van der Waals surface area contributed by atoms with Crippen LogP contribution in [0.2, 0.25) is 0 Å². The number of hydrogen-bond donors (Lipinski definition) is 1. The van der Waals surface area contributed by atoms with Gasteiger partial charge in [0.05, 0.1) is 15.3 Å². The number of hydrogen-bond acceptors (Lipinski definition) is 7. The molecule has 2 aromatic carbocycles. The van der Waals surface area contributed by atoms with Crippen LogP contribution in [0.1, 0.15) is 16.8 Å². The first-order valence-electron chi connectivity index (χ1n) is 10.4. The third-order valence-corrected chi connectivity index (χ3v) is 7.49. The SMILES string of the molecule is CN1CCCN(S(=O)(=O)c2ccc(NC(=O)c3ccc4cccnc4c3)c([N+](=O)[O-])c2)CC1. The Morgan fingerprint density at radius 2 is 1.91 bits per heavy atom. The van der Waals surface area contributed by atoms with E-state index in [0.29, 0.717) is 31.6 Å². The van der Waals surface area contributed by atoms with Crippen LogP contribution in [0.3, 0.4) is 0 Å². The fraction of sp³-hybridized carbons (Fsp3) is 0.273. The van der Waals surface area contributed by atoms with Crippen LogP contribution in [0.5, 0.6) is 0 Å². The minimum Gasteiger partial charge on any atom is -0.316 e. The van der Waals surface area contributed by atoms with Gasteiger partial charge in [0.25, 0.3) is 11.6 Å². The summed E-state index contributed by atoms with van der Waals surface area (Å²) in [6.07, 6.45) is 2.28.